The van der Waals surface area contributed by atoms with E-state index in [2.05, 4.69) is 31.7 Å². The van der Waals surface area contributed by atoms with E-state index in [1.807, 2.05) is 19.9 Å². The van der Waals surface area contributed by atoms with Crippen molar-refractivity contribution in [1.29, 1.82) is 0 Å². The lowest BCUT2D eigenvalue weighted by molar-refractivity contribution is 1.01. The van der Waals surface area contributed by atoms with Crippen LogP contribution in [-0.2, 0) is 0 Å². The molecule has 2 heterocycles. The van der Waals surface area contributed by atoms with Gasteiger partial charge in [-0.2, -0.15) is 5.10 Å². The number of nitrogens with one attached hydrogen (secondary N) is 1. The molecule has 75 valence electrons. The van der Waals surface area contributed by atoms with Gasteiger partial charge in [0.2, 0.25) is 0 Å². The maximum Gasteiger partial charge on any atom is 0.154 e. The third-order valence-electron chi connectivity index (χ3n) is 1.76. The van der Waals surface area contributed by atoms with E-state index < -0.39 is 0 Å². The van der Waals surface area contributed by atoms with Crippen LogP contribution in [0.25, 0.3) is 0 Å². The van der Waals surface area contributed by atoms with Gasteiger partial charge in [-0.1, -0.05) is 0 Å². The summed E-state index contributed by atoms with van der Waals surface area (Å²) in [7, 11) is 0. The maximum absolute atomic E-state index is 4.18. The van der Waals surface area contributed by atoms with Crippen molar-refractivity contribution in [2.75, 3.05) is 5.32 Å². The minimum Gasteiger partial charge on any atom is -0.323 e. The second kappa shape index (κ2) is 4.00. The lowest BCUT2D eigenvalue weighted by Crippen LogP contribution is -1.99. The number of aryl methyl sites for hydroxylation is 2. The number of hydrogen-bond donors (Lipinski definition) is 1. The van der Waals surface area contributed by atoms with Gasteiger partial charge >= 0.3 is 0 Å². The predicted octanol–water partition coefficient (Wildman–Crippen LogP) is 1.43. The van der Waals surface area contributed by atoms with Gasteiger partial charge in [0, 0.05) is 6.07 Å². The summed E-state index contributed by atoms with van der Waals surface area (Å²) >= 11 is 0. The summed E-state index contributed by atoms with van der Waals surface area (Å²) in [6.07, 6.45) is 4.44. The minimum absolute atomic E-state index is 0.667. The largest absolute Gasteiger partial charge is 0.323 e. The molecule has 0 spiro atoms. The monoisotopic (exact) mass is 200 g/mol. The van der Waals surface area contributed by atoms with Crippen molar-refractivity contribution < 1.29 is 0 Å². The Morgan fingerprint density at radius 2 is 2.13 bits per heavy atom. The summed E-state index contributed by atoms with van der Waals surface area (Å²) in [5.41, 5.74) is 1.04. The maximum atomic E-state index is 4.18. The third-order valence-corrected chi connectivity index (χ3v) is 1.76. The van der Waals surface area contributed by atoms with Crippen LogP contribution in [0.4, 0.5) is 11.6 Å². The molecule has 5 heteroatoms. The average molecular weight is 200 g/mol. The van der Waals surface area contributed by atoms with Crippen molar-refractivity contribution in [3.8, 4) is 0 Å². The fourth-order valence-corrected chi connectivity index (χ4v) is 1.14. The summed E-state index contributed by atoms with van der Waals surface area (Å²) in [5.74, 6) is 2.00. The van der Waals surface area contributed by atoms with Crippen LogP contribution >= 0.6 is 0 Å². The molecule has 2 rings (SSSR count). The summed E-state index contributed by atoms with van der Waals surface area (Å²) < 4.78 is 0. The van der Waals surface area contributed by atoms with Gasteiger partial charge in [-0.05, 0) is 25.5 Å². The Balaban J connectivity index is 2.22. The molecule has 0 amide bonds. The van der Waals surface area contributed by atoms with E-state index in [0.29, 0.717) is 17.5 Å². The van der Waals surface area contributed by atoms with Crippen molar-refractivity contribution in [3.05, 3.63) is 35.9 Å². The molecule has 0 aromatic carbocycles. The average Bonchev–Trinajstić information content (AvgIpc) is 2.17. The molecule has 0 aliphatic carbocycles. The van der Waals surface area contributed by atoms with Crippen LogP contribution in [0.1, 0.15) is 11.4 Å². The SMILES string of the molecule is Cc1cnnc(Nc2c[c]nc(C)n2)c1. The number of nitrogens with zero attached hydrogens (tertiary/aromatic N) is 4. The lowest BCUT2D eigenvalue weighted by Gasteiger charge is -2.03. The highest BCUT2D eigenvalue weighted by molar-refractivity contribution is 5.50. The summed E-state index contributed by atoms with van der Waals surface area (Å²) in [6.45, 7) is 3.76. The number of aromatic nitrogens is 4. The van der Waals surface area contributed by atoms with Crippen molar-refractivity contribution in [2.45, 2.75) is 13.8 Å². The first-order valence-corrected chi connectivity index (χ1v) is 4.52. The van der Waals surface area contributed by atoms with Gasteiger partial charge in [-0.15, -0.1) is 5.10 Å². The van der Waals surface area contributed by atoms with Gasteiger partial charge in [-0.25, -0.2) is 9.97 Å². The van der Waals surface area contributed by atoms with Gasteiger partial charge in [0.1, 0.15) is 11.6 Å². The third kappa shape index (κ3) is 2.46. The fraction of sp³-hybridized carbons (Fsp3) is 0.200. The highest BCUT2D eigenvalue weighted by Crippen LogP contribution is 2.10. The number of hydrogen-bond acceptors (Lipinski definition) is 5. The number of anilines is 2. The van der Waals surface area contributed by atoms with E-state index in [1.54, 1.807) is 12.3 Å². The molecule has 0 aliphatic heterocycles. The molecule has 5 nitrogen and oxygen atoms in total. The second-order valence-corrected chi connectivity index (χ2v) is 3.17. The molecular formula is C10H10N5. The Morgan fingerprint density at radius 1 is 1.27 bits per heavy atom. The molecule has 0 saturated heterocycles. The van der Waals surface area contributed by atoms with Crippen LogP contribution in [0, 0.1) is 20.0 Å². The zero-order valence-electron chi connectivity index (χ0n) is 8.52. The molecule has 1 radical (unpaired) electrons. The van der Waals surface area contributed by atoms with Gasteiger partial charge in [0.15, 0.2) is 5.82 Å². The number of rotatable bonds is 2. The van der Waals surface area contributed by atoms with E-state index >= 15 is 0 Å². The van der Waals surface area contributed by atoms with E-state index in [1.165, 1.54) is 0 Å². The van der Waals surface area contributed by atoms with Crippen LogP contribution < -0.4 is 5.32 Å². The lowest BCUT2D eigenvalue weighted by atomic mass is 10.3. The van der Waals surface area contributed by atoms with E-state index in [4.69, 9.17) is 0 Å². The summed E-state index contributed by atoms with van der Waals surface area (Å²) in [6, 6.07) is 3.56. The molecule has 0 aliphatic rings. The molecule has 15 heavy (non-hydrogen) atoms. The first-order valence-electron chi connectivity index (χ1n) is 4.52. The normalized spacial score (nSPS) is 10.0. The van der Waals surface area contributed by atoms with Crippen LogP contribution in [0.2, 0.25) is 0 Å². The first-order chi connectivity index (χ1) is 7.24. The minimum atomic E-state index is 0.667. The van der Waals surface area contributed by atoms with Crippen molar-refractivity contribution in [3.63, 3.8) is 0 Å². The van der Waals surface area contributed by atoms with E-state index in [0.717, 1.165) is 5.56 Å². The van der Waals surface area contributed by atoms with Gasteiger partial charge in [-0.3, -0.25) is 0 Å². The van der Waals surface area contributed by atoms with Crippen LogP contribution in [0.5, 0.6) is 0 Å². The molecule has 1 N–H and O–H groups in total. The zero-order chi connectivity index (χ0) is 10.7. The van der Waals surface area contributed by atoms with Crippen LogP contribution in [0.3, 0.4) is 0 Å². The summed E-state index contributed by atoms with van der Waals surface area (Å²) in [5, 5.41) is 10.8. The van der Waals surface area contributed by atoms with Crippen LogP contribution in [-0.4, -0.2) is 20.2 Å². The van der Waals surface area contributed by atoms with E-state index in [9.17, 15) is 0 Å². The Labute approximate surface area is 87.6 Å². The van der Waals surface area contributed by atoms with Gasteiger partial charge < -0.3 is 5.32 Å². The van der Waals surface area contributed by atoms with Crippen LogP contribution in [0.15, 0.2) is 18.3 Å². The zero-order valence-corrected chi connectivity index (χ0v) is 8.52. The molecule has 0 saturated carbocycles. The molecule has 2 aromatic heterocycles. The predicted molar refractivity (Wildman–Crippen MR) is 55.7 cm³/mol. The summed E-state index contributed by atoms with van der Waals surface area (Å²) in [4.78, 5) is 8.06. The molecule has 2 aromatic rings. The molecular weight excluding hydrogens is 190 g/mol. The molecule has 0 fully saturated rings. The highest BCUT2D eigenvalue weighted by Gasteiger charge is 1.98. The Hall–Kier alpha value is -2.04. The smallest absolute Gasteiger partial charge is 0.154 e. The van der Waals surface area contributed by atoms with E-state index in [-0.39, 0.29) is 0 Å². The van der Waals surface area contributed by atoms with Gasteiger partial charge in [0.05, 0.1) is 12.4 Å². The Kier molecular flexibility index (Phi) is 2.53. The van der Waals surface area contributed by atoms with Crippen molar-refractivity contribution >= 4 is 11.6 Å². The topological polar surface area (TPSA) is 63.6 Å². The van der Waals surface area contributed by atoms with Gasteiger partial charge in [0.25, 0.3) is 0 Å². The standard InChI is InChI=1S/C10H10N5/c1-7-5-10(15-12-6-7)14-9-3-4-11-8(2)13-9/h3,5-6H,1-2H3,(H,11,13,14,15). The quantitative estimate of drug-likeness (QED) is 0.794. The fourth-order valence-electron chi connectivity index (χ4n) is 1.14. The molecule has 0 bridgehead atoms. The van der Waals surface area contributed by atoms with Crippen molar-refractivity contribution in [2.24, 2.45) is 0 Å². The Bertz CT molecular complexity index is 425. The molecule has 0 atom stereocenters. The molecule has 0 unspecified atom stereocenters. The highest BCUT2D eigenvalue weighted by atomic mass is 15.2. The Morgan fingerprint density at radius 3 is 2.87 bits per heavy atom. The van der Waals surface area contributed by atoms with Crippen molar-refractivity contribution in [1.82, 2.24) is 20.2 Å². The first kappa shape index (κ1) is 9.51. The second-order valence-electron chi connectivity index (χ2n) is 3.17.